The summed E-state index contributed by atoms with van der Waals surface area (Å²) in [6, 6.07) is 3.80. The summed E-state index contributed by atoms with van der Waals surface area (Å²) in [5.41, 5.74) is -0.0741. The number of rotatable bonds is 2. The summed E-state index contributed by atoms with van der Waals surface area (Å²) in [6.45, 7) is 14.6. The lowest BCUT2D eigenvalue weighted by Crippen LogP contribution is -2.68. The maximum Gasteiger partial charge on any atom is 0.216 e. The van der Waals surface area contributed by atoms with Crippen molar-refractivity contribution in [2.24, 2.45) is 34.5 Å². The van der Waals surface area contributed by atoms with Crippen LogP contribution in [0, 0.1) is 41.4 Å². The molecule has 0 radical (unpaired) electrons. The van der Waals surface area contributed by atoms with Gasteiger partial charge in [0.1, 0.15) is 6.10 Å². The fourth-order valence-corrected chi connectivity index (χ4v) is 8.01. The van der Waals surface area contributed by atoms with Crippen molar-refractivity contribution in [1.82, 2.24) is 4.98 Å². The fraction of sp³-hybridized carbons (Fsp3) is 0.655. The zero-order valence-corrected chi connectivity index (χ0v) is 21.8. The second-order valence-corrected chi connectivity index (χ2v) is 12.6. The van der Waals surface area contributed by atoms with Crippen LogP contribution in [0.3, 0.4) is 0 Å². The molecule has 0 aromatic carbocycles. The van der Waals surface area contributed by atoms with Crippen molar-refractivity contribution in [1.29, 1.82) is 0 Å². The molecule has 1 N–H and O–H groups in total. The summed E-state index contributed by atoms with van der Waals surface area (Å²) in [6.07, 6.45) is 5.17. The molecule has 2 saturated carbocycles. The third kappa shape index (κ3) is 2.88. The number of fused-ring (bicyclic) bond motifs is 5. The standard InChI is InChI=1S/C29H37NO5/c1-15-9-8-10-30-25(15)34-23-16(2)13-28-17(3)11-20-21(26(20,4)5)19(22(28)31)12-18-14-33-27(6,7)35-24(18)29(23,28)32/h8-10,12-13,17,19-21,23-24,32H,11,14H2,1-7H3/t17-,19+,20-,21+,23+,24-,28+,29-/m1/s1. The third-order valence-corrected chi connectivity index (χ3v) is 9.86. The van der Waals surface area contributed by atoms with E-state index < -0.39 is 29.0 Å². The van der Waals surface area contributed by atoms with Crippen molar-refractivity contribution in [2.45, 2.75) is 78.5 Å². The second-order valence-electron chi connectivity index (χ2n) is 12.6. The average Bonchev–Trinajstić information content (AvgIpc) is 3.27. The van der Waals surface area contributed by atoms with E-state index in [9.17, 15) is 9.90 Å². The van der Waals surface area contributed by atoms with Crippen LogP contribution < -0.4 is 4.74 Å². The first-order valence-corrected chi connectivity index (χ1v) is 12.9. The van der Waals surface area contributed by atoms with Crippen LogP contribution in [0.4, 0.5) is 0 Å². The number of nitrogens with zero attached hydrogens (tertiary/aromatic N) is 1. The minimum absolute atomic E-state index is 0.0741. The molecule has 8 atom stereocenters. The topological polar surface area (TPSA) is 77.9 Å². The van der Waals surface area contributed by atoms with Crippen molar-refractivity contribution in [3.8, 4) is 5.88 Å². The lowest BCUT2D eigenvalue weighted by atomic mass is 9.59. The summed E-state index contributed by atoms with van der Waals surface area (Å²) in [5, 5.41) is 13.1. The van der Waals surface area contributed by atoms with Crippen molar-refractivity contribution >= 4 is 5.78 Å². The van der Waals surface area contributed by atoms with E-state index in [4.69, 9.17) is 14.2 Å². The number of allylic oxidation sites excluding steroid dienone is 1. The van der Waals surface area contributed by atoms with Gasteiger partial charge in [0.2, 0.25) is 5.88 Å². The summed E-state index contributed by atoms with van der Waals surface area (Å²) in [5.74, 6) is 0.00619. The Morgan fingerprint density at radius 2 is 1.94 bits per heavy atom. The smallest absolute Gasteiger partial charge is 0.216 e. The number of pyridine rings is 1. The predicted octanol–water partition coefficient (Wildman–Crippen LogP) is 4.40. The van der Waals surface area contributed by atoms with E-state index >= 15 is 0 Å². The van der Waals surface area contributed by atoms with Crippen LogP contribution in [0.5, 0.6) is 5.88 Å². The first-order chi connectivity index (χ1) is 16.3. The van der Waals surface area contributed by atoms with Crippen LogP contribution in [0.25, 0.3) is 0 Å². The molecule has 188 valence electrons. The van der Waals surface area contributed by atoms with Crippen LogP contribution in [0.15, 0.2) is 41.6 Å². The van der Waals surface area contributed by atoms with Gasteiger partial charge in [-0.3, -0.25) is 4.79 Å². The number of Topliss-reactive ketones (excluding diaryl/α,β-unsaturated/α-hetero) is 1. The molecule has 0 amide bonds. The molecule has 0 unspecified atom stereocenters. The molecule has 1 aromatic rings. The van der Waals surface area contributed by atoms with Crippen molar-refractivity contribution in [3.63, 3.8) is 0 Å². The van der Waals surface area contributed by atoms with Gasteiger partial charge in [0.25, 0.3) is 0 Å². The molecule has 5 aliphatic rings. The summed E-state index contributed by atoms with van der Waals surface area (Å²) in [4.78, 5) is 19.1. The molecular weight excluding hydrogens is 442 g/mol. The van der Waals surface area contributed by atoms with Crippen LogP contribution in [0.2, 0.25) is 0 Å². The number of hydrogen-bond acceptors (Lipinski definition) is 6. The molecule has 1 saturated heterocycles. The Bertz CT molecular complexity index is 1170. The van der Waals surface area contributed by atoms with Gasteiger partial charge in [0, 0.05) is 17.7 Å². The summed E-state index contributed by atoms with van der Waals surface area (Å²) in [7, 11) is 0. The highest BCUT2D eigenvalue weighted by Gasteiger charge is 2.77. The molecule has 2 bridgehead atoms. The Morgan fingerprint density at radius 1 is 1.20 bits per heavy atom. The summed E-state index contributed by atoms with van der Waals surface area (Å²) < 4.78 is 19.1. The van der Waals surface area contributed by atoms with Gasteiger partial charge in [0.15, 0.2) is 23.3 Å². The van der Waals surface area contributed by atoms with Crippen molar-refractivity contribution in [3.05, 3.63) is 47.2 Å². The van der Waals surface area contributed by atoms with E-state index in [0.717, 1.165) is 23.1 Å². The van der Waals surface area contributed by atoms with E-state index in [2.05, 4.69) is 31.8 Å². The normalized spacial score (nSPS) is 44.6. The number of hydrogen-bond donors (Lipinski definition) is 1. The number of carbonyl (C=O) groups is 1. The minimum Gasteiger partial charge on any atom is -0.466 e. The Kier molecular flexibility index (Phi) is 4.71. The Balaban J connectivity index is 1.57. The Morgan fingerprint density at radius 3 is 2.66 bits per heavy atom. The SMILES string of the molecule is CC1=C[C@]23C(=O)[C@@H](C=C4COC(C)(C)O[C@H]4[C@]2(O)[C@H]1Oc1ncccc1C)[C@H]1[C@@H](C[C@H]3C)C1(C)C. The van der Waals surface area contributed by atoms with Gasteiger partial charge < -0.3 is 19.3 Å². The highest BCUT2D eigenvalue weighted by atomic mass is 16.7. The third-order valence-electron chi connectivity index (χ3n) is 9.86. The second kappa shape index (κ2) is 7.05. The van der Waals surface area contributed by atoms with Gasteiger partial charge >= 0.3 is 0 Å². The number of ether oxygens (including phenoxy) is 3. The monoisotopic (exact) mass is 479 g/mol. The van der Waals surface area contributed by atoms with Crippen molar-refractivity contribution < 1.29 is 24.1 Å². The van der Waals surface area contributed by atoms with Crippen LogP contribution in [-0.4, -0.2) is 46.1 Å². The van der Waals surface area contributed by atoms with E-state index in [1.165, 1.54) is 0 Å². The first kappa shape index (κ1) is 23.4. The first-order valence-electron chi connectivity index (χ1n) is 12.9. The Labute approximate surface area is 207 Å². The number of aliphatic hydroxyl groups is 1. The van der Waals surface area contributed by atoms with Crippen LogP contribution in [-0.2, 0) is 14.3 Å². The van der Waals surface area contributed by atoms with Crippen molar-refractivity contribution in [2.75, 3.05) is 6.61 Å². The van der Waals surface area contributed by atoms with Gasteiger partial charge in [-0.1, -0.05) is 39.0 Å². The number of aromatic nitrogens is 1. The molecule has 2 heterocycles. The Hall–Kier alpha value is -2.02. The largest absolute Gasteiger partial charge is 0.466 e. The maximum atomic E-state index is 14.7. The minimum atomic E-state index is -1.62. The summed E-state index contributed by atoms with van der Waals surface area (Å²) >= 11 is 0. The van der Waals surface area contributed by atoms with Crippen LogP contribution >= 0.6 is 0 Å². The average molecular weight is 480 g/mol. The molecule has 4 aliphatic carbocycles. The highest BCUT2D eigenvalue weighted by Crippen LogP contribution is 2.72. The molecule has 35 heavy (non-hydrogen) atoms. The predicted molar refractivity (Wildman–Crippen MR) is 131 cm³/mol. The quantitative estimate of drug-likeness (QED) is 0.634. The van der Waals surface area contributed by atoms with Gasteiger partial charge in [-0.2, -0.15) is 0 Å². The molecule has 6 nitrogen and oxygen atoms in total. The fourth-order valence-electron chi connectivity index (χ4n) is 8.01. The molecule has 3 fully saturated rings. The zero-order valence-electron chi connectivity index (χ0n) is 21.8. The van der Waals surface area contributed by atoms with Crippen LogP contribution in [0.1, 0.15) is 53.5 Å². The molecule has 1 aliphatic heterocycles. The van der Waals surface area contributed by atoms with Gasteiger partial charge in [-0.15, -0.1) is 0 Å². The van der Waals surface area contributed by atoms with Gasteiger partial charge in [-0.05, 0) is 74.5 Å². The molecule has 1 spiro atoms. The van der Waals surface area contributed by atoms with E-state index in [1.807, 2.05) is 45.9 Å². The van der Waals surface area contributed by atoms with Gasteiger partial charge in [0.05, 0.1) is 12.0 Å². The maximum absolute atomic E-state index is 14.7. The highest BCUT2D eigenvalue weighted by molar-refractivity contribution is 5.95. The lowest BCUT2D eigenvalue weighted by molar-refractivity contribution is -0.301. The molecule has 6 heteroatoms. The van der Waals surface area contributed by atoms with Gasteiger partial charge in [-0.25, -0.2) is 4.98 Å². The molecule has 6 rings (SSSR count). The number of aryl methyl sites for hydroxylation is 1. The van der Waals surface area contributed by atoms with E-state index in [1.54, 1.807) is 6.20 Å². The molecule has 1 aromatic heterocycles. The zero-order chi connectivity index (χ0) is 25.1. The van der Waals surface area contributed by atoms with E-state index in [-0.39, 0.29) is 29.0 Å². The lowest BCUT2D eigenvalue weighted by Gasteiger charge is -2.52. The number of ketones is 1. The van der Waals surface area contributed by atoms with E-state index in [0.29, 0.717) is 18.4 Å². The number of carbonyl (C=O) groups excluding carboxylic acids is 1. The molecular formula is C29H37NO5.